The van der Waals surface area contributed by atoms with E-state index in [1.807, 2.05) is 19.1 Å². The van der Waals surface area contributed by atoms with E-state index in [4.69, 9.17) is 4.42 Å². The van der Waals surface area contributed by atoms with Gasteiger partial charge in [-0.25, -0.2) is 4.39 Å². The minimum absolute atomic E-state index is 0.267. The van der Waals surface area contributed by atoms with Crippen LogP contribution in [-0.4, -0.2) is 6.21 Å². The van der Waals surface area contributed by atoms with Crippen molar-refractivity contribution >= 4 is 11.9 Å². The summed E-state index contributed by atoms with van der Waals surface area (Å²) >= 11 is 0. The Morgan fingerprint density at radius 1 is 1.19 bits per heavy atom. The number of furan rings is 1. The summed E-state index contributed by atoms with van der Waals surface area (Å²) < 4.78 is 17.9. The lowest BCUT2D eigenvalue weighted by molar-refractivity contribution is 0.528. The molecule has 4 heteroatoms. The quantitative estimate of drug-likeness (QED) is 0.634. The first kappa shape index (κ1) is 10.4. The fourth-order valence-electron chi connectivity index (χ4n) is 1.22. The zero-order chi connectivity index (χ0) is 11.4. The van der Waals surface area contributed by atoms with Gasteiger partial charge in [-0.2, -0.15) is 5.10 Å². The second-order valence-corrected chi connectivity index (χ2v) is 3.33. The molecule has 0 aliphatic carbocycles. The molecule has 16 heavy (non-hydrogen) atoms. The number of anilines is 1. The van der Waals surface area contributed by atoms with Crippen LogP contribution in [0.1, 0.15) is 11.5 Å². The summed E-state index contributed by atoms with van der Waals surface area (Å²) in [4.78, 5) is 0. The highest BCUT2D eigenvalue weighted by molar-refractivity contribution is 5.76. The Bertz CT molecular complexity index is 488. The zero-order valence-electron chi connectivity index (χ0n) is 8.77. The second-order valence-electron chi connectivity index (χ2n) is 3.33. The van der Waals surface area contributed by atoms with Gasteiger partial charge in [0.15, 0.2) is 0 Å². The number of hydrogen-bond acceptors (Lipinski definition) is 3. The number of hydrogen-bond donors (Lipinski definition) is 1. The van der Waals surface area contributed by atoms with E-state index in [0.717, 1.165) is 11.4 Å². The number of nitrogens with zero attached hydrogens (tertiary/aromatic N) is 1. The Balaban J connectivity index is 1.97. The molecule has 3 nitrogen and oxygen atoms in total. The lowest BCUT2D eigenvalue weighted by atomic mass is 10.3. The maximum atomic E-state index is 12.6. The number of rotatable bonds is 3. The Kier molecular flexibility index (Phi) is 3.00. The first-order valence-corrected chi connectivity index (χ1v) is 4.85. The second kappa shape index (κ2) is 4.61. The maximum absolute atomic E-state index is 12.6. The SMILES string of the molecule is Cc1ccc(/C=N/Nc2ccc(F)cc2)o1. The predicted octanol–water partition coefficient (Wildman–Crippen LogP) is 3.17. The molecule has 1 heterocycles. The number of nitrogens with one attached hydrogen (secondary N) is 1. The van der Waals surface area contributed by atoms with Gasteiger partial charge in [0.1, 0.15) is 17.3 Å². The molecule has 0 bridgehead atoms. The van der Waals surface area contributed by atoms with Gasteiger partial charge in [0, 0.05) is 0 Å². The first-order chi connectivity index (χ1) is 7.74. The molecule has 82 valence electrons. The summed E-state index contributed by atoms with van der Waals surface area (Å²) in [5.41, 5.74) is 3.50. The monoisotopic (exact) mass is 218 g/mol. The minimum Gasteiger partial charge on any atom is -0.460 e. The molecular formula is C12H11FN2O. The van der Waals surface area contributed by atoms with Crippen molar-refractivity contribution in [1.29, 1.82) is 0 Å². The Hall–Kier alpha value is -2.10. The van der Waals surface area contributed by atoms with E-state index in [0.29, 0.717) is 5.76 Å². The molecule has 0 radical (unpaired) electrons. The summed E-state index contributed by atoms with van der Waals surface area (Å²) in [6.07, 6.45) is 1.57. The Labute approximate surface area is 92.6 Å². The van der Waals surface area contributed by atoms with E-state index in [2.05, 4.69) is 10.5 Å². The van der Waals surface area contributed by atoms with Crippen molar-refractivity contribution in [2.45, 2.75) is 6.92 Å². The predicted molar refractivity (Wildman–Crippen MR) is 61.1 cm³/mol. The highest BCUT2D eigenvalue weighted by atomic mass is 19.1. The molecule has 0 saturated heterocycles. The summed E-state index contributed by atoms with van der Waals surface area (Å²) in [5.74, 6) is 1.24. The number of benzene rings is 1. The van der Waals surface area contributed by atoms with Crippen LogP contribution in [0, 0.1) is 12.7 Å². The lowest BCUT2D eigenvalue weighted by Crippen LogP contribution is -1.89. The Morgan fingerprint density at radius 3 is 2.56 bits per heavy atom. The fourth-order valence-corrected chi connectivity index (χ4v) is 1.22. The van der Waals surface area contributed by atoms with Crippen molar-refractivity contribution in [3.8, 4) is 0 Å². The van der Waals surface area contributed by atoms with Gasteiger partial charge >= 0.3 is 0 Å². The standard InChI is InChI=1S/C12H11FN2O/c1-9-2-7-12(16-9)8-14-15-11-5-3-10(13)4-6-11/h2-8,15H,1H3/b14-8+. The maximum Gasteiger partial charge on any atom is 0.147 e. The Morgan fingerprint density at radius 2 is 1.94 bits per heavy atom. The molecule has 0 spiro atoms. The molecule has 0 aliphatic rings. The van der Waals surface area contributed by atoms with Crippen LogP contribution in [0.3, 0.4) is 0 Å². The van der Waals surface area contributed by atoms with Crippen LogP contribution in [-0.2, 0) is 0 Å². The third kappa shape index (κ3) is 2.70. The van der Waals surface area contributed by atoms with E-state index in [1.54, 1.807) is 18.3 Å². The van der Waals surface area contributed by atoms with Crippen LogP contribution in [0.25, 0.3) is 0 Å². The van der Waals surface area contributed by atoms with Crippen molar-refractivity contribution in [2.24, 2.45) is 5.10 Å². The summed E-state index contributed by atoms with van der Waals surface area (Å²) in [5, 5.41) is 3.96. The van der Waals surface area contributed by atoms with Crippen LogP contribution >= 0.6 is 0 Å². The van der Waals surface area contributed by atoms with Gasteiger partial charge in [-0.1, -0.05) is 0 Å². The number of aryl methyl sites for hydroxylation is 1. The molecule has 0 saturated carbocycles. The molecule has 0 amide bonds. The third-order valence-corrected chi connectivity index (χ3v) is 1.99. The van der Waals surface area contributed by atoms with Crippen molar-refractivity contribution in [3.05, 3.63) is 53.7 Å². The highest BCUT2D eigenvalue weighted by Crippen LogP contribution is 2.08. The summed E-state index contributed by atoms with van der Waals surface area (Å²) in [6.45, 7) is 1.87. The minimum atomic E-state index is -0.267. The zero-order valence-corrected chi connectivity index (χ0v) is 8.77. The molecule has 0 unspecified atom stereocenters. The van der Waals surface area contributed by atoms with Crippen molar-refractivity contribution in [1.82, 2.24) is 0 Å². The van der Waals surface area contributed by atoms with Crippen LogP contribution in [0.15, 0.2) is 45.9 Å². The van der Waals surface area contributed by atoms with Gasteiger partial charge < -0.3 is 4.42 Å². The van der Waals surface area contributed by atoms with E-state index in [-0.39, 0.29) is 5.82 Å². The van der Waals surface area contributed by atoms with Crippen LogP contribution in [0.2, 0.25) is 0 Å². The molecule has 2 aromatic rings. The molecule has 0 atom stereocenters. The average Bonchev–Trinajstić information content (AvgIpc) is 2.67. The van der Waals surface area contributed by atoms with Crippen molar-refractivity contribution in [3.63, 3.8) is 0 Å². The largest absolute Gasteiger partial charge is 0.460 e. The molecular weight excluding hydrogens is 207 g/mol. The van der Waals surface area contributed by atoms with E-state index in [1.165, 1.54) is 12.1 Å². The first-order valence-electron chi connectivity index (χ1n) is 4.85. The molecule has 0 fully saturated rings. The van der Waals surface area contributed by atoms with Gasteiger partial charge in [0.2, 0.25) is 0 Å². The summed E-state index contributed by atoms with van der Waals surface area (Å²) in [6, 6.07) is 9.65. The fraction of sp³-hybridized carbons (Fsp3) is 0.0833. The van der Waals surface area contributed by atoms with Crippen molar-refractivity contribution < 1.29 is 8.81 Å². The lowest BCUT2D eigenvalue weighted by Gasteiger charge is -1.97. The van der Waals surface area contributed by atoms with E-state index in [9.17, 15) is 4.39 Å². The topological polar surface area (TPSA) is 37.5 Å². The van der Waals surface area contributed by atoms with Crippen LogP contribution in [0.5, 0.6) is 0 Å². The van der Waals surface area contributed by atoms with Gasteiger partial charge in [-0.15, -0.1) is 0 Å². The van der Waals surface area contributed by atoms with Gasteiger partial charge in [-0.3, -0.25) is 5.43 Å². The normalized spacial score (nSPS) is 10.9. The highest BCUT2D eigenvalue weighted by Gasteiger charge is 1.93. The molecule has 1 N–H and O–H groups in total. The molecule has 0 aliphatic heterocycles. The van der Waals surface area contributed by atoms with Crippen LogP contribution < -0.4 is 5.43 Å². The van der Waals surface area contributed by atoms with Gasteiger partial charge in [0.05, 0.1) is 11.9 Å². The molecule has 1 aromatic carbocycles. The van der Waals surface area contributed by atoms with Crippen LogP contribution in [0.4, 0.5) is 10.1 Å². The molecule has 2 rings (SSSR count). The number of halogens is 1. The van der Waals surface area contributed by atoms with E-state index < -0.39 is 0 Å². The molecule has 1 aromatic heterocycles. The van der Waals surface area contributed by atoms with E-state index >= 15 is 0 Å². The number of hydrazone groups is 1. The van der Waals surface area contributed by atoms with Crippen molar-refractivity contribution in [2.75, 3.05) is 5.43 Å². The van der Waals surface area contributed by atoms with Gasteiger partial charge in [0.25, 0.3) is 0 Å². The summed E-state index contributed by atoms with van der Waals surface area (Å²) in [7, 11) is 0. The average molecular weight is 218 g/mol. The smallest absolute Gasteiger partial charge is 0.147 e. The van der Waals surface area contributed by atoms with Gasteiger partial charge in [-0.05, 0) is 43.3 Å². The third-order valence-electron chi connectivity index (χ3n) is 1.99.